The van der Waals surface area contributed by atoms with Crippen LogP contribution in [0.3, 0.4) is 0 Å². The van der Waals surface area contributed by atoms with E-state index in [0.717, 1.165) is 22.0 Å². The summed E-state index contributed by atoms with van der Waals surface area (Å²) < 4.78 is 0. The number of hydrogen-bond acceptors (Lipinski definition) is 1. The first-order valence-corrected chi connectivity index (χ1v) is 6.21. The molecule has 0 radical (unpaired) electrons. The smallest absolute Gasteiger partial charge is 0.0410 e. The molecule has 0 saturated carbocycles. The molecule has 2 aromatic rings. The molecule has 18 heavy (non-hydrogen) atoms. The third-order valence-electron chi connectivity index (χ3n) is 2.97. The summed E-state index contributed by atoms with van der Waals surface area (Å²) in [5.41, 5.74) is 4.40. The minimum atomic E-state index is 0.741. The van der Waals surface area contributed by atoms with E-state index in [2.05, 4.69) is 42.7 Å². The SMILES string of the molecule is C=C(c1ccc(Cl)cc1)N(C)c1cccc(C)c1. The van der Waals surface area contributed by atoms with E-state index >= 15 is 0 Å². The summed E-state index contributed by atoms with van der Waals surface area (Å²) >= 11 is 5.89. The van der Waals surface area contributed by atoms with E-state index in [-0.39, 0.29) is 0 Å². The lowest BCUT2D eigenvalue weighted by Crippen LogP contribution is -2.14. The first-order valence-electron chi connectivity index (χ1n) is 5.83. The van der Waals surface area contributed by atoms with E-state index < -0.39 is 0 Å². The number of anilines is 1. The van der Waals surface area contributed by atoms with Gasteiger partial charge in [0.25, 0.3) is 0 Å². The van der Waals surface area contributed by atoms with Crippen LogP contribution < -0.4 is 4.90 Å². The van der Waals surface area contributed by atoms with Gasteiger partial charge in [0.05, 0.1) is 0 Å². The van der Waals surface area contributed by atoms with Crippen LogP contribution in [0.15, 0.2) is 55.1 Å². The molecule has 0 aliphatic heterocycles. The highest BCUT2D eigenvalue weighted by Gasteiger charge is 2.07. The number of aryl methyl sites for hydroxylation is 1. The second-order valence-electron chi connectivity index (χ2n) is 4.35. The van der Waals surface area contributed by atoms with Gasteiger partial charge in [-0.05, 0) is 42.3 Å². The van der Waals surface area contributed by atoms with Crippen molar-refractivity contribution in [1.82, 2.24) is 0 Å². The Bertz CT molecular complexity index is 558. The minimum Gasteiger partial charge on any atom is -0.345 e. The van der Waals surface area contributed by atoms with Crippen LogP contribution in [-0.4, -0.2) is 7.05 Å². The molecular weight excluding hydrogens is 242 g/mol. The molecule has 0 saturated heterocycles. The summed E-state index contributed by atoms with van der Waals surface area (Å²) in [5.74, 6) is 0. The summed E-state index contributed by atoms with van der Waals surface area (Å²) in [6.45, 7) is 6.23. The standard InChI is InChI=1S/C16H16ClN/c1-12-5-4-6-16(11-12)18(3)13(2)14-7-9-15(17)10-8-14/h4-11H,2H2,1,3H3. The van der Waals surface area contributed by atoms with Crippen LogP contribution >= 0.6 is 11.6 Å². The molecule has 2 aromatic carbocycles. The summed E-state index contributed by atoms with van der Waals surface area (Å²) in [6.07, 6.45) is 0. The van der Waals surface area contributed by atoms with Crippen molar-refractivity contribution < 1.29 is 0 Å². The average molecular weight is 258 g/mol. The van der Waals surface area contributed by atoms with Gasteiger partial charge in [-0.25, -0.2) is 0 Å². The average Bonchev–Trinajstić information content (AvgIpc) is 2.38. The highest BCUT2D eigenvalue weighted by atomic mass is 35.5. The lowest BCUT2D eigenvalue weighted by atomic mass is 10.1. The van der Waals surface area contributed by atoms with E-state index in [0.29, 0.717) is 0 Å². The maximum atomic E-state index is 5.89. The molecule has 0 amide bonds. The fourth-order valence-corrected chi connectivity index (χ4v) is 1.95. The molecule has 0 aliphatic rings. The van der Waals surface area contributed by atoms with Crippen molar-refractivity contribution in [3.63, 3.8) is 0 Å². The van der Waals surface area contributed by atoms with Crippen LogP contribution in [0.1, 0.15) is 11.1 Å². The van der Waals surface area contributed by atoms with Gasteiger partial charge in [0.15, 0.2) is 0 Å². The Hall–Kier alpha value is -1.73. The van der Waals surface area contributed by atoms with Gasteiger partial charge >= 0.3 is 0 Å². The third-order valence-corrected chi connectivity index (χ3v) is 3.22. The number of rotatable bonds is 3. The maximum absolute atomic E-state index is 5.89. The molecule has 0 N–H and O–H groups in total. The van der Waals surface area contributed by atoms with Gasteiger partial charge in [-0.1, -0.05) is 42.4 Å². The molecule has 1 nitrogen and oxygen atoms in total. The molecule has 0 fully saturated rings. The largest absolute Gasteiger partial charge is 0.345 e. The van der Waals surface area contributed by atoms with Crippen molar-refractivity contribution in [3.05, 3.63) is 71.3 Å². The van der Waals surface area contributed by atoms with Crippen LogP contribution in [0.25, 0.3) is 5.70 Å². The van der Waals surface area contributed by atoms with Crippen LogP contribution in [0.2, 0.25) is 5.02 Å². The van der Waals surface area contributed by atoms with E-state index in [1.165, 1.54) is 5.56 Å². The number of halogens is 1. The number of hydrogen-bond donors (Lipinski definition) is 0. The molecule has 0 aliphatic carbocycles. The van der Waals surface area contributed by atoms with E-state index in [9.17, 15) is 0 Å². The fraction of sp³-hybridized carbons (Fsp3) is 0.125. The Morgan fingerprint density at radius 2 is 1.78 bits per heavy atom. The molecule has 0 heterocycles. The van der Waals surface area contributed by atoms with Crippen LogP contribution in [-0.2, 0) is 0 Å². The van der Waals surface area contributed by atoms with E-state index in [1.807, 2.05) is 31.3 Å². The second kappa shape index (κ2) is 5.28. The summed E-state index contributed by atoms with van der Waals surface area (Å²) in [7, 11) is 2.02. The monoisotopic (exact) mass is 257 g/mol. The van der Waals surface area contributed by atoms with Crippen molar-refractivity contribution in [1.29, 1.82) is 0 Å². The predicted octanol–water partition coefficient (Wildman–Crippen LogP) is 4.76. The van der Waals surface area contributed by atoms with Gasteiger partial charge < -0.3 is 4.90 Å². The first-order chi connectivity index (χ1) is 8.58. The highest BCUT2D eigenvalue weighted by molar-refractivity contribution is 6.30. The molecule has 2 rings (SSSR count). The van der Waals surface area contributed by atoms with Gasteiger partial charge in [0.2, 0.25) is 0 Å². The van der Waals surface area contributed by atoms with Gasteiger partial charge in [0.1, 0.15) is 0 Å². The topological polar surface area (TPSA) is 3.24 Å². The van der Waals surface area contributed by atoms with Gasteiger partial charge in [-0.15, -0.1) is 0 Å². The van der Waals surface area contributed by atoms with Gasteiger partial charge in [0, 0.05) is 23.5 Å². The summed E-state index contributed by atoms with van der Waals surface area (Å²) in [4.78, 5) is 2.08. The maximum Gasteiger partial charge on any atom is 0.0410 e. The fourth-order valence-electron chi connectivity index (χ4n) is 1.83. The van der Waals surface area contributed by atoms with Gasteiger partial charge in [-0.2, -0.15) is 0 Å². The van der Waals surface area contributed by atoms with Crippen molar-refractivity contribution in [2.24, 2.45) is 0 Å². The lowest BCUT2D eigenvalue weighted by molar-refractivity contribution is 1.22. The molecule has 0 bridgehead atoms. The van der Waals surface area contributed by atoms with E-state index in [4.69, 9.17) is 11.6 Å². The lowest BCUT2D eigenvalue weighted by Gasteiger charge is -2.22. The number of nitrogens with zero attached hydrogens (tertiary/aromatic N) is 1. The quantitative estimate of drug-likeness (QED) is 0.767. The molecule has 92 valence electrons. The van der Waals surface area contributed by atoms with Crippen LogP contribution in [0.5, 0.6) is 0 Å². The number of benzene rings is 2. The summed E-state index contributed by atoms with van der Waals surface area (Å²) in [5, 5.41) is 0.741. The third kappa shape index (κ3) is 2.74. The first kappa shape index (κ1) is 12.7. The molecule has 0 spiro atoms. The molecule has 2 heteroatoms. The van der Waals surface area contributed by atoms with Crippen LogP contribution in [0, 0.1) is 6.92 Å². The van der Waals surface area contributed by atoms with Crippen LogP contribution in [0.4, 0.5) is 5.69 Å². The molecule has 0 aromatic heterocycles. The Kier molecular flexibility index (Phi) is 3.73. The minimum absolute atomic E-state index is 0.741. The Morgan fingerprint density at radius 1 is 1.11 bits per heavy atom. The van der Waals surface area contributed by atoms with Crippen molar-refractivity contribution in [3.8, 4) is 0 Å². The van der Waals surface area contributed by atoms with Crippen molar-refractivity contribution >= 4 is 23.0 Å². The van der Waals surface area contributed by atoms with E-state index in [1.54, 1.807) is 0 Å². The molecule has 0 atom stereocenters. The predicted molar refractivity (Wildman–Crippen MR) is 80.1 cm³/mol. The normalized spacial score (nSPS) is 10.2. The van der Waals surface area contributed by atoms with Crippen molar-refractivity contribution in [2.45, 2.75) is 6.92 Å². The van der Waals surface area contributed by atoms with Gasteiger partial charge in [-0.3, -0.25) is 0 Å². The Labute approximate surface area is 113 Å². The highest BCUT2D eigenvalue weighted by Crippen LogP contribution is 2.24. The zero-order chi connectivity index (χ0) is 13.1. The second-order valence-corrected chi connectivity index (χ2v) is 4.79. The zero-order valence-electron chi connectivity index (χ0n) is 10.7. The molecular formula is C16H16ClN. The van der Waals surface area contributed by atoms with Crippen molar-refractivity contribution in [2.75, 3.05) is 11.9 Å². The molecule has 0 unspecified atom stereocenters. The summed E-state index contributed by atoms with van der Waals surface area (Å²) in [6, 6.07) is 16.1. The Morgan fingerprint density at radius 3 is 2.39 bits per heavy atom. The zero-order valence-corrected chi connectivity index (χ0v) is 11.4. The Balaban J connectivity index is 2.26.